The number of aromatic nitrogens is 1. The van der Waals surface area contributed by atoms with Crippen LogP contribution in [0.3, 0.4) is 0 Å². The molecule has 0 aliphatic carbocycles. The molecule has 0 atom stereocenters. The molecule has 1 amide bonds. The summed E-state index contributed by atoms with van der Waals surface area (Å²) in [4.78, 5) is 15.9. The molecule has 2 N–H and O–H groups in total. The molecule has 0 spiro atoms. The van der Waals surface area contributed by atoms with E-state index < -0.39 is 0 Å². The van der Waals surface area contributed by atoms with E-state index in [0.717, 1.165) is 18.7 Å². The van der Waals surface area contributed by atoms with E-state index in [1.54, 1.807) is 19.4 Å². The van der Waals surface area contributed by atoms with E-state index in [4.69, 9.17) is 4.74 Å². The molecule has 1 rings (SSSR count). The lowest BCUT2D eigenvalue weighted by Gasteiger charge is -2.09. The summed E-state index contributed by atoms with van der Waals surface area (Å²) in [5, 5.41) is 6.06. The van der Waals surface area contributed by atoms with Crippen LogP contribution in [0.2, 0.25) is 0 Å². The fraction of sp³-hybridized carbons (Fsp3) is 0.571. The number of carbonyl (C=O) groups excluding carboxylic acids is 1. The van der Waals surface area contributed by atoms with Crippen LogP contribution in [0, 0.1) is 5.92 Å². The molecule has 0 aliphatic heterocycles. The molecule has 5 heteroatoms. The maximum atomic E-state index is 11.8. The van der Waals surface area contributed by atoms with Crippen LogP contribution in [0.1, 0.15) is 30.8 Å². The van der Waals surface area contributed by atoms with E-state index in [-0.39, 0.29) is 5.91 Å². The highest BCUT2D eigenvalue weighted by molar-refractivity contribution is 5.92. The number of rotatable bonds is 8. The van der Waals surface area contributed by atoms with Crippen molar-refractivity contribution < 1.29 is 9.53 Å². The normalized spacial score (nSPS) is 10.5. The number of nitrogens with zero attached hydrogens (tertiary/aromatic N) is 1. The standard InChI is InChI=1S/C14H23N3O2/c1-11(2)9-16-12-5-6-13(17-10-12)14(18)15-7-4-8-19-3/h5-6,10-11,16H,4,7-9H2,1-3H3,(H,15,18). The number of anilines is 1. The van der Waals surface area contributed by atoms with Gasteiger partial charge in [-0.3, -0.25) is 4.79 Å². The Morgan fingerprint density at radius 2 is 2.21 bits per heavy atom. The topological polar surface area (TPSA) is 63.2 Å². The monoisotopic (exact) mass is 265 g/mol. The third-order valence-corrected chi connectivity index (χ3v) is 2.52. The summed E-state index contributed by atoms with van der Waals surface area (Å²) in [6.07, 6.45) is 2.49. The van der Waals surface area contributed by atoms with E-state index in [9.17, 15) is 4.79 Å². The maximum Gasteiger partial charge on any atom is 0.269 e. The second-order valence-corrected chi connectivity index (χ2v) is 4.81. The second kappa shape index (κ2) is 8.48. The average molecular weight is 265 g/mol. The largest absolute Gasteiger partial charge is 0.385 e. The van der Waals surface area contributed by atoms with Crippen molar-refractivity contribution in [3.8, 4) is 0 Å². The van der Waals surface area contributed by atoms with Gasteiger partial charge in [0.15, 0.2) is 0 Å². The first-order chi connectivity index (χ1) is 9.13. The summed E-state index contributed by atoms with van der Waals surface area (Å²) >= 11 is 0. The van der Waals surface area contributed by atoms with Gasteiger partial charge in [-0.2, -0.15) is 0 Å². The van der Waals surface area contributed by atoms with Gasteiger partial charge in [0.25, 0.3) is 5.91 Å². The van der Waals surface area contributed by atoms with Crippen LogP contribution >= 0.6 is 0 Å². The van der Waals surface area contributed by atoms with Gasteiger partial charge in [0.1, 0.15) is 5.69 Å². The lowest BCUT2D eigenvalue weighted by Crippen LogP contribution is -2.26. The average Bonchev–Trinajstić information content (AvgIpc) is 2.41. The van der Waals surface area contributed by atoms with Gasteiger partial charge >= 0.3 is 0 Å². The lowest BCUT2D eigenvalue weighted by molar-refractivity contribution is 0.0943. The van der Waals surface area contributed by atoms with Crippen LogP contribution < -0.4 is 10.6 Å². The van der Waals surface area contributed by atoms with Crippen molar-refractivity contribution in [1.29, 1.82) is 0 Å². The number of hydrogen-bond acceptors (Lipinski definition) is 4. The highest BCUT2D eigenvalue weighted by Crippen LogP contribution is 2.07. The Morgan fingerprint density at radius 3 is 2.79 bits per heavy atom. The van der Waals surface area contributed by atoms with Gasteiger partial charge in [-0.1, -0.05) is 13.8 Å². The highest BCUT2D eigenvalue weighted by Gasteiger charge is 2.06. The smallest absolute Gasteiger partial charge is 0.269 e. The zero-order valence-corrected chi connectivity index (χ0v) is 11.9. The zero-order valence-electron chi connectivity index (χ0n) is 11.9. The molecule has 1 aromatic heterocycles. The quantitative estimate of drug-likeness (QED) is 0.705. The molecule has 1 aromatic rings. The fourth-order valence-electron chi connectivity index (χ4n) is 1.46. The first kappa shape index (κ1) is 15.4. The number of hydrogen-bond donors (Lipinski definition) is 2. The molecule has 0 bridgehead atoms. The van der Waals surface area contributed by atoms with Crippen molar-refractivity contribution >= 4 is 11.6 Å². The molecule has 5 nitrogen and oxygen atoms in total. The van der Waals surface area contributed by atoms with Crippen molar-refractivity contribution in [2.75, 3.05) is 32.1 Å². The van der Waals surface area contributed by atoms with E-state index in [1.807, 2.05) is 6.07 Å². The Hall–Kier alpha value is -1.62. The van der Waals surface area contributed by atoms with E-state index >= 15 is 0 Å². The molecule has 0 saturated heterocycles. The van der Waals surface area contributed by atoms with E-state index in [2.05, 4.69) is 29.5 Å². The van der Waals surface area contributed by atoms with E-state index in [0.29, 0.717) is 24.8 Å². The van der Waals surface area contributed by atoms with Crippen molar-refractivity contribution in [1.82, 2.24) is 10.3 Å². The third kappa shape index (κ3) is 6.20. The SMILES string of the molecule is COCCCNC(=O)c1ccc(NCC(C)C)cn1. The van der Waals surface area contributed by atoms with Gasteiger partial charge in [-0.15, -0.1) is 0 Å². The maximum absolute atomic E-state index is 11.8. The van der Waals surface area contributed by atoms with Crippen molar-refractivity contribution in [2.24, 2.45) is 5.92 Å². The summed E-state index contributed by atoms with van der Waals surface area (Å²) in [6.45, 7) is 6.42. The summed E-state index contributed by atoms with van der Waals surface area (Å²) < 4.78 is 4.92. The predicted octanol–water partition coefficient (Wildman–Crippen LogP) is 1.92. The van der Waals surface area contributed by atoms with Crippen LogP contribution in [-0.4, -0.2) is 37.7 Å². The molecule has 0 unspecified atom stereocenters. The van der Waals surface area contributed by atoms with Gasteiger partial charge in [0.2, 0.25) is 0 Å². The number of nitrogens with one attached hydrogen (secondary N) is 2. The minimum Gasteiger partial charge on any atom is -0.385 e. The Kier molecular flexibility index (Phi) is 6.89. The van der Waals surface area contributed by atoms with Crippen LogP contribution in [0.15, 0.2) is 18.3 Å². The van der Waals surface area contributed by atoms with Crippen LogP contribution in [0.25, 0.3) is 0 Å². The summed E-state index contributed by atoms with van der Waals surface area (Å²) in [5.41, 5.74) is 1.37. The molecule has 19 heavy (non-hydrogen) atoms. The Balaban J connectivity index is 2.40. The molecular formula is C14H23N3O2. The number of carbonyl (C=O) groups is 1. The van der Waals surface area contributed by atoms with Crippen molar-refractivity contribution in [3.05, 3.63) is 24.0 Å². The summed E-state index contributed by atoms with van der Waals surface area (Å²) in [7, 11) is 1.65. The summed E-state index contributed by atoms with van der Waals surface area (Å²) in [6, 6.07) is 3.60. The number of pyridine rings is 1. The molecule has 0 radical (unpaired) electrons. The van der Waals surface area contributed by atoms with Gasteiger partial charge in [0, 0.05) is 26.8 Å². The second-order valence-electron chi connectivity index (χ2n) is 4.81. The van der Waals surface area contributed by atoms with Crippen LogP contribution in [0.4, 0.5) is 5.69 Å². The minimum atomic E-state index is -0.147. The molecule has 0 aromatic carbocycles. The Morgan fingerprint density at radius 1 is 1.42 bits per heavy atom. The third-order valence-electron chi connectivity index (χ3n) is 2.52. The van der Waals surface area contributed by atoms with Gasteiger partial charge in [0.05, 0.1) is 11.9 Å². The van der Waals surface area contributed by atoms with Gasteiger partial charge < -0.3 is 15.4 Å². The van der Waals surface area contributed by atoms with Gasteiger partial charge in [-0.25, -0.2) is 4.98 Å². The Bertz CT molecular complexity index is 377. The molecule has 0 fully saturated rings. The minimum absolute atomic E-state index is 0.147. The lowest BCUT2D eigenvalue weighted by atomic mass is 10.2. The highest BCUT2D eigenvalue weighted by atomic mass is 16.5. The molecular weight excluding hydrogens is 242 g/mol. The first-order valence-electron chi connectivity index (χ1n) is 6.60. The molecule has 0 aliphatic rings. The number of ether oxygens (including phenoxy) is 1. The van der Waals surface area contributed by atoms with Gasteiger partial charge in [-0.05, 0) is 24.5 Å². The first-order valence-corrected chi connectivity index (χ1v) is 6.60. The molecule has 1 heterocycles. The van der Waals surface area contributed by atoms with E-state index in [1.165, 1.54) is 0 Å². The molecule has 0 saturated carbocycles. The molecule has 106 valence electrons. The van der Waals surface area contributed by atoms with Crippen LogP contribution in [-0.2, 0) is 4.74 Å². The predicted molar refractivity (Wildman–Crippen MR) is 76.4 cm³/mol. The fourth-order valence-corrected chi connectivity index (χ4v) is 1.46. The Labute approximate surface area is 114 Å². The van der Waals surface area contributed by atoms with Crippen LogP contribution in [0.5, 0.6) is 0 Å². The van der Waals surface area contributed by atoms with Crippen molar-refractivity contribution in [3.63, 3.8) is 0 Å². The number of amides is 1. The van der Waals surface area contributed by atoms with Crippen molar-refractivity contribution in [2.45, 2.75) is 20.3 Å². The summed E-state index contributed by atoms with van der Waals surface area (Å²) in [5.74, 6) is 0.426. The zero-order chi connectivity index (χ0) is 14.1. The number of methoxy groups -OCH3 is 1.